The van der Waals surface area contributed by atoms with Gasteiger partial charge in [-0.15, -0.1) is 0 Å². The summed E-state index contributed by atoms with van der Waals surface area (Å²) < 4.78 is 4.97. The van der Waals surface area contributed by atoms with Crippen molar-refractivity contribution in [2.45, 2.75) is 20.4 Å². The van der Waals surface area contributed by atoms with Crippen LogP contribution in [0, 0.1) is 6.92 Å². The summed E-state index contributed by atoms with van der Waals surface area (Å²) in [7, 11) is 0. The SMILES string of the molecule is CCOC(=O)c1ccc(Nc2cc(C(=O)NCc3ccc(C)cc3)ccn2)cc1. The number of carbonyl (C=O) groups is 2. The van der Waals surface area contributed by atoms with Crippen molar-refractivity contribution in [2.24, 2.45) is 0 Å². The molecule has 3 aromatic rings. The van der Waals surface area contributed by atoms with E-state index in [9.17, 15) is 9.59 Å². The largest absolute Gasteiger partial charge is 0.462 e. The molecule has 6 nitrogen and oxygen atoms in total. The number of ether oxygens (including phenoxy) is 1. The number of pyridine rings is 1. The molecule has 0 bridgehead atoms. The second-order valence-electron chi connectivity index (χ2n) is 6.52. The highest BCUT2D eigenvalue weighted by Gasteiger charge is 2.09. The van der Waals surface area contributed by atoms with Gasteiger partial charge in [0.1, 0.15) is 5.82 Å². The number of amides is 1. The van der Waals surface area contributed by atoms with Gasteiger partial charge in [0.25, 0.3) is 5.91 Å². The Labute approximate surface area is 169 Å². The van der Waals surface area contributed by atoms with E-state index in [0.29, 0.717) is 30.1 Å². The Kier molecular flexibility index (Phi) is 6.58. The average Bonchev–Trinajstić information content (AvgIpc) is 2.74. The molecule has 0 unspecified atom stereocenters. The number of aryl methyl sites for hydroxylation is 1. The van der Waals surface area contributed by atoms with Gasteiger partial charge >= 0.3 is 5.97 Å². The number of nitrogens with one attached hydrogen (secondary N) is 2. The first-order valence-corrected chi connectivity index (χ1v) is 9.39. The smallest absolute Gasteiger partial charge is 0.338 e. The zero-order valence-electron chi connectivity index (χ0n) is 16.4. The minimum absolute atomic E-state index is 0.173. The van der Waals surface area contributed by atoms with Crippen LogP contribution in [0.5, 0.6) is 0 Å². The van der Waals surface area contributed by atoms with E-state index in [1.165, 1.54) is 5.56 Å². The van der Waals surface area contributed by atoms with Gasteiger partial charge in [-0.05, 0) is 55.8 Å². The van der Waals surface area contributed by atoms with Crippen LogP contribution in [-0.4, -0.2) is 23.5 Å². The fourth-order valence-electron chi connectivity index (χ4n) is 2.68. The van der Waals surface area contributed by atoms with Gasteiger partial charge in [-0.2, -0.15) is 0 Å². The Morgan fingerprint density at radius 2 is 1.69 bits per heavy atom. The lowest BCUT2D eigenvalue weighted by Crippen LogP contribution is -2.22. The predicted molar refractivity (Wildman–Crippen MR) is 112 cm³/mol. The van der Waals surface area contributed by atoms with Crippen molar-refractivity contribution in [1.29, 1.82) is 0 Å². The Bertz CT molecular complexity index is 983. The molecule has 1 heterocycles. The normalized spacial score (nSPS) is 10.3. The Hall–Kier alpha value is -3.67. The standard InChI is InChI=1S/C23H23N3O3/c1-3-29-23(28)18-8-10-20(11-9-18)26-21-14-19(12-13-24-21)22(27)25-15-17-6-4-16(2)5-7-17/h4-14H,3,15H2,1-2H3,(H,24,26)(H,25,27). The molecule has 148 valence electrons. The van der Waals surface area contributed by atoms with Gasteiger partial charge < -0.3 is 15.4 Å². The third-order valence-electron chi connectivity index (χ3n) is 4.26. The molecule has 0 aliphatic rings. The summed E-state index contributed by atoms with van der Waals surface area (Å²) in [5.74, 6) is 0.00924. The third-order valence-corrected chi connectivity index (χ3v) is 4.26. The van der Waals surface area contributed by atoms with Crippen molar-refractivity contribution >= 4 is 23.4 Å². The minimum Gasteiger partial charge on any atom is -0.462 e. The minimum atomic E-state index is -0.357. The van der Waals surface area contributed by atoms with Gasteiger partial charge in [-0.1, -0.05) is 29.8 Å². The van der Waals surface area contributed by atoms with E-state index in [-0.39, 0.29) is 11.9 Å². The third kappa shape index (κ3) is 5.65. The molecule has 1 aromatic heterocycles. The number of nitrogens with zero attached hydrogens (tertiary/aromatic N) is 1. The molecular formula is C23H23N3O3. The molecule has 0 saturated heterocycles. The van der Waals surface area contributed by atoms with E-state index in [1.54, 1.807) is 49.5 Å². The second kappa shape index (κ2) is 9.50. The summed E-state index contributed by atoms with van der Waals surface area (Å²) in [6.45, 7) is 4.59. The first-order valence-electron chi connectivity index (χ1n) is 9.39. The highest BCUT2D eigenvalue weighted by molar-refractivity contribution is 5.95. The van der Waals surface area contributed by atoms with E-state index in [1.807, 2.05) is 31.2 Å². The van der Waals surface area contributed by atoms with Crippen LogP contribution in [0.4, 0.5) is 11.5 Å². The summed E-state index contributed by atoms with van der Waals surface area (Å²) in [5.41, 5.74) is 3.97. The number of rotatable bonds is 7. The Morgan fingerprint density at radius 1 is 0.966 bits per heavy atom. The van der Waals surface area contributed by atoms with Crippen LogP contribution in [0.1, 0.15) is 38.8 Å². The lowest BCUT2D eigenvalue weighted by molar-refractivity contribution is 0.0526. The van der Waals surface area contributed by atoms with Gasteiger partial charge in [0, 0.05) is 24.0 Å². The Balaban J connectivity index is 1.62. The van der Waals surface area contributed by atoms with E-state index in [2.05, 4.69) is 15.6 Å². The maximum absolute atomic E-state index is 12.5. The highest BCUT2D eigenvalue weighted by Crippen LogP contribution is 2.17. The molecule has 0 radical (unpaired) electrons. The molecule has 3 rings (SSSR count). The number of anilines is 2. The average molecular weight is 389 g/mol. The molecular weight excluding hydrogens is 366 g/mol. The topological polar surface area (TPSA) is 80.3 Å². The number of aromatic nitrogens is 1. The summed E-state index contributed by atoms with van der Waals surface area (Å²) in [6.07, 6.45) is 1.58. The van der Waals surface area contributed by atoms with Gasteiger partial charge in [0.2, 0.25) is 0 Å². The first kappa shape index (κ1) is 20.1. The maximum atomic E-state index is 12.5. The summed E-state index contributed by atoms with van der Waals surface area (Å²) in [6, 6.07) is 18.3. The Morgan fingerprint density at radius 3 is 2.38 bits per heavy atom. The predicted octanol–water partition coefficient (Wildman–Crippen LogP) is 4.24. The van der Waals surface area contributed by atoms with Crippen LogP contribution in [-0.2, 0) is 11.3 Å². The molecule has 0 saturated carbocycles. The zero-order chi connectivity index (χ0) is 20.6. The molecule has 1 amide bonds. The molecule has 0 spiro atoms. The summed E-state index contributed by atoms with van der Waals surface area (Å²) in [5, 5.41) is 6.05. The van der Waals surface area contributed by atoms with E-state index < -0.39 is 0 Å². The monoisotopic (exact) mass is 389 g/mol. The molecule has 0 aliphatic heterocycles. The van der Waals surface area contributed by atoms with Gasteiger partial charge in [-0.3, -0.25) is 4.79 Å². The van der Waals surface area contributed by atoms with Crippen molar-refractivity contribution in [1.82, 2.24) is 10.3 Å². The van der Waals surface area contributed by atoms with Gasteiger partial charge in [0.05, 0.1) is 12.2 Å². The van der Waals surface area contributed by atoms with Gasteiger partial charge in [0.15, 0.2) is 0 Å². The van der Waals surface area contributed by atoms with Crippen molar-refractivity contribution in [2.75, 3.05) is 11.9 Å². The molecule has 2 aromatic carbocycles. The molecule has 0 atom stereocenters. The number of hydrogen-bond donors (Lipinski definition) is 2. The quantitative estimate of drug-likeness (QED) is 0.591. The van der Waals surface area contributed by atoms with Crippen LogP contribution >= 0.6 is 0 Å². The van der Waals surface area contributed by atoms with E-state index >= 15 is 0 Å². The lowest BCUT2D eigenvalue weighted by Gasteiger charge is -2.09. The molecule has 6 heteroatoms. The highest BCUT2D eigenvalue weighted by atomic mass is 16.5. The van der Waals surface area contributed by atoms with Crippen molar-refractivity contribution in [3.05, 3.63) is 89.1 Å². The van der Waals surface area contributed by atoms with Crippen LogP contribution in [0.3, 0.4) is 0 Å². The van der Waals surface area contributed by atoms with Crippen LogP contribution < -0.4 is 10.6 Å². The van der Waals surface area contributed by atoms with Crippen LogP contribution in [0.15, 0.2) is 66.9 Å². The maximum Gasteiger partial charge on any atom is 0.338 e. The second-order valence-corrected chi connectivity index (χ2v) is 6.52. The van der Waals surface area contributed by atoms with E-state index in [0.717, 1.165) is 11.3 Å². The van der Waals surface area contributed by atoms with Crippen molar-refractivity contribution in [3.63, 3.8) is 0 Å². The molecule has 2 N–H and O–H groups in total. The fraction of sp³-hybridized carbons (Fsp3) is 0.174. The lowest BCUT2D eigenvalue weighted by atomic mass is 10.1. The van der Waals surface area contributed by atoms with E-state index in [4.69, 9.17) is 4.74 Å². The van der Waals surface area contributed by atoms with Crippen molar-refractivity contribution < 1.29 is 14.3 Å². The summed E-state index contributed by atoms with van der Waals surface area (Å²) in [4.78, 5) is 28.4. The number of benzene rings is 2. The number of esters is 1. The van der Waals surface area contributed by atoms with Crippen LogP contribution in [0.2, 0.25) is 0 Å². The van der Waals surface area contributed by atoms with Crippen LogP contribution in [0.25, 0.3) is 0 Å². The zero-order valence-corrected chi connectivity index (χ0v) is 16.4. The number of hydrogen-bond acceptors (Lipinski definition) is 5. The molecule has 0 fully saturated rings. The van der Waals surface area contributed by atoms with Gasteiger partial charge in [-0.25, -0.2) is 9.78 Å². The fourth-order valence-corrected chi connectivity index (χ4v) is 2.68. The van der Waals surface area contributed by atoms with Crippen molar-refractivity contribution in [3.8, 4) is 0 Å². The first-order chi connectivity index (χ1) is 14.0. The molecule has 0 aliphatic carbocycles. The number of carbonyl (C=O) groups excluding carboxylic acids is 2. The summed E-state index contributed by atoms with van der Waals surface area (Å²) >= 11 is 0. The molecule has 29 heavy (non-hydrogen) atoms.